The van der Waals surface area contributed by atoms with Gasteiger partial charge in [-0.3, -0.25) is 9.36 Å². The molecule has 3 rings (SSSR count). The highest BCUT2D eigenvalue weighted by molar-refractivity contribution is 4.75. The van der Waals surface area contributed by atoms with Gasteiger partial charge in [-0.1, -0.05) is 83.1 Å². The fourth-order valence-corrected chi connectivity index (χ4v) is 0.938. The highest BCUT2D eigenvalue weighted by Gasteiger charge is 1.71. The first-order valence-corrected chi connectivity index (χ1v) is 11.3. The van der Waals surface area contributed by atoms with Crippen molar-refractivity contribution in [2.45, 2.75) is 83.1 Å². The summed E-state index contributed by atoms with van der Waals surface area (Å²) in [6.07, 6.45) is 12.2. The minimum absolute atomic E-state index is 1.50. The molecule has 0 radical (unpaired) electrons. The normalized spacial score (nSPS) is 6.50. The quantitative estimate of drug-likeness (QED) is 0.395. The van der Waals surface area contributed by atoms with E-state index in [9.17, 15) is 0 Å². The fraction of sp³-hybridized carbons (Fsp3) is 0.652. The minimum Gasteiger partial charge on any atom is -0.341 e. The van der Waals surface area contributed by atoms with Crippen LogP contribution < -0.4 is 0 Å². The number of hydrogen-bond acceptors (Lipinski definition) is 4. The zero-order valence-corrected chi connectivity index (χ0v) is 22.7. The third-order valence-electron chi connectivity index (χ3n) is 1.81. The van der Waals surface area contributed by atoms with Gasteiger partial charge in [-0.15, -0.1) is 0 Å². The van der Waals surface area contributed by atoms with Gasteiger partial charge in [-0.2, -0.15) is 10.2 Å². The largest absolute Gasteiger partial charge is 0.341 e. The van der Waals surface area contributed by atoms with Crippen molar-refractivity contribution in [2.75, 3.05) is 0 Å². The van der Waals surface area contributed by atoms with Crippen LogP contribution in [0, 0.1) is 0 Å². The Hall–Kier alpha value is -2.44. The van der Waals surface area contributed by atoms with Crippen LogP contribution in [0.1, 0.15) is 83.1 Å². The van der Waals surface area contributed by atoms with E-state index in [4.69, 9.17) is 0 Å². The molecular formula is C23H53N7. The summed E-state index contributed by atoms with van der Waals surface area (Å²) in [6.45, 7) is 24.0. The fourth-order valence-electron chi connectivity index (χ4n) is 0.938. The summed E-state index contributed by atoms with van der Waals surface area (Å²) >= 11 is 0. The lowest BCUT2D eigenvalue weighted by Crippen LogP contribution is -1.83. The Morgan fingerprint density at radius 1 is 0.500 bits per heavy atom. The van der Waals surface area contributed by atoms with Crippen molar-refractivity contribution in [1.82, 2.24) is 34.1 Å². The standard InChI is InChI=1S/2C4H6N2.C3H5N3.6C2H6/c1-6-3-2-5-4-6;1-6-4-2-3-5-6;1-6-3-4-2-5-6;6*1-2/h2*2-4H,1H3;2-3H,1H3;6*1-2H3. The van der Waals surface area contributed by atoms with Crippen LogP contribution in [-0.4, -0.2) is 34.1 Å². The highest BCUT2D eigenvalue weighted by atomic mass is 15.3. The summed E-state index contributed by atoms with van der Waals surface area (Å²) in [5, 5.41) is 7.56. The van der Waals surface area contributed by atoms with E-state index in [-0.39, 0.29) is 0 Å². The monoisotopic (exact) mass is 427 g/mol. The summed E-state index contributed by atoms with van der Waals surface area (Å²) in [6, 6.07) is 1.89. The van der Waals surface area contributed by atoms with Gasteiger partial charge in [0.1, 0.15) is 12.7 Å². The van der Waals surface area contributed by atoms with Crippen LogP contribution >= 0.6 is 0 Å². The molecule has 0 aromatic carbocycles. The summed E-state index contributed by atoms with van der Waals surface area (Å²) < 4.78 is 5.28. The molecule has 3 aromatic rings. The molecule has 0 unspecified atom stereocenters. The lowest BCUT2D eigenvalue weighted by atomic mass is 10.8. The van der Waals surface area contributed by atoms with E-state index in [0.29, 0.717) is 0 Å². The van der Waals surface area contributed by atoms with Crippen LogP contribution in [0.25, 0.3) is 0 Å². The van der Waals surface area contributed by atoms with Gasteiger partial charge in [0.05, 0.1) is 6.33 Å². The summed E-state index contributed by atoms with van der Waals surface area (Å²) in [5.41, 5.74) is 0. The zero-order valence-electron chi connectivity index (χ0n) is 22.7. The first-order valence-electron chi connectivity index (χ1n) is 11.3. The Balaban J connectivity index is -0.0000000579. The molecule has 0 spiro atoms. The molecule has 0 atom stereocenters. The molecule has 30 heavy (non-hydrogen) atoms. The van der Waals surface area contributed by atoms with Crippen molar-refractivity contribution in [3.05, 3.63) is 49.8 Å². The average molecular weight is 428 g/mol. The smallest absolute Gasteiger partial charge is 0.137 e. The Labute approximate surface area is 188 Å². The van der Waals surface area contributed by atoms with Crippen LogP contribution in [-0.2, 0) is 21.1 Å². The summed E-state index contributed by atoms with van der Waals surface area (Å²) in [7, 11) is 5.65. The van der Waals surface area contributed by atoms with Crippen LogP contribution in [0.2, 0.25) is 0 Å². The van der Waals surface area contributed by atoms with Gasteiger partial charge in [0.15, 0.2) is 0 Å². The third-order valence-corrected chi connectivity index (χ3v) is 1.81. The van der Waals surface area contributed by atoms with Crippen LogP contribution in [0.4, 0.5) is 0 Å². The minimum atomic E-state index is 1.50. The molecule has 0 aliphatic carbocycles. The Morgan fingerprint density at radius 3 is 1.10 bits per heavy atom. The molecule has 0 N–H and O–H groups in total. The van der Waals surface area contributed by atoms with E-state index in [0.717, 1.165) is 0 Å². The maximum absolute atomic E-state index is 3.83. The highest BCUT2D eigenvalue weighted by Crippen LogP contribution is 1.74. The second-order valence-electron chi connectivity index (χ2n) is 3.48. The predicted molar refractivity (Wildman–Crippen MR) is 136 cm³/mol. The maximum Gasteiger partial charge on any atom is 0.137 e. The first-order chi connectivity index (χ1) is 14.7. The molecule has 180 valence electrons. The SMILES string of the molecule is CC.CC.CC.CC.CC.CC.Cn1cccn1.Cn1ccnc1.Cn1cncn1. The van der Waals surface area contributed by atoms with Gasteiger partial charge in [0, 0.05) is 45.9 Å². The Bertz CT molecular complexity index is 411. The van der Waals surface area contributed by atoms with Crippen molar-refractivity contribution in [1.29, 1.82) is 0 Å². The van der Waals surface area contributed by atoms with Gasteiger partial charge in [0.25, 0.3) is 0 Å². The number of hydrogen-bond donors (Lipinski definition) is 0. The number of aromatic nitrogens is 7. The molecule has 0 saturated heterocycles. The van der Waals surface area contributed by atoms with Crippen LogP contribution in [0.3, 0.4) is 0 Å². The van der Waals surface area contributed by atoms with E-state index in [1.165, 1.54) is 6.33 Å². The molecule has 3 aromatic heterocycles. The summed E-state index contributed by atoms with van der Waals surface area (Å²) in [4.78, 5) is 7.46. The molecule has 7 heteroatoms. The van der Waals surface area contributed by atoms with Crippen LogP contribution in [0.15, 0.2) is 49.8 Å². The van der Waals surface area contributed by atoms with Crippen molar-refractivity contribution >= 4 is 0 Å². The third kappa shape index (κ3) is 44.8. The molecular weight excluding hydrogens is 374 g/mol. The summed E-state index contributed by atoms with van der Waals surface area (Å²) in [5.74, 6) is 0. The van der Waals surface area contributed by atoms with Crippen molar-refractivity contribution in [3.63, 3.8) is 0 Å². The first kappa shape index (κ1) is 41.8. The molecule has 0 bridgehead atoms. The number of aryl methyl sites for hydroxylation is 3. The maximum atomic E-state index is 3.83. The average Bonchev–Trinajstić information content (AvgIpc) is 3.63. The molecule has 0 amide bonds. The predicted octanol–water partition coefficient (Wildman–Crippen LogP) is 6.81. The zero-order chi connectivity index (χ0) is 25.2. The molecule has 0 fully saturated rings. The molecule has 3 heterocycles. The molecule has 7 nitrogen and oxygen atoms in total. The van der Waals surface area contributed by atoms with Gasteiger partial charge in [-0.25, -0.2) is 9.97 Å². The Kier molecular flexibility index (Phi) is 70.2. The number of imidazole rings is 1. The molecule has 0 saturated carbocycles. The lowest BCUT2D eigenvalue weighted by molar-refractivity contribution is 0.765. The van der Waals surface area contributed by atoms with Gasteiger partial charge in [-0.05, 0) is 6.07 Å². The molecule has 0 aliphatic heterocycles. The van der Waals surface area contributed by atoms with E-state index in [1.54, 1.807) is 34.4 Å². The van der Waals surface area contributed by atoms with Crippen molar-refractivity contribution < 1.29 is 0 Å². The lowest BCUT2D eigenvalue weighted by Gasteiger charge is -1.77. The second-order valence-corrected chi connectivity index (χ2v) is 3.48. The van der Waals surface area contributed by atoms with Gasteiger partial charge < -0.3 is 4.57 Å². The van der Waals surface area contributed by atoms with Gasteiger partial charge in [0.2, 0.25) is 0 Å². The van der Waals surface area contributed by atoms with E-state index < -0.39 is 0 Å². The molecule has 0 aliphatic rings. The van der Waals surface area contributed by atoms with Crippen LogP contribution in [0.5, 0.6) is 0 Å². The second kappa shape index (κ2) is 50.4. The van der Waals surface area contributed by atoms with Crippen molar-refractivity contribution in [2.24, 2.45) is 21.1 Å². The number of nitrogens with zero attached hydrogens (tertiary/aromatic N) is 7. The van der Waals surface area contributed by atoms with E-state index >= 15 is 0 Å². The topological polar surface area (TPSA) is 66.3 Å². The number of rotatable bonds is 0. The Morgan fingerprint density at radius 2 is 1.00 bits per heavy atom. The van der Waals surface area contributed by atoms with E-state index in [1.807, 2.05) is 127 Å². The van der Waals surface area contributed by atoms with Gasteiger partial charge >= 0.3 is 0 Å². The van der Waals surface area contributed by atoms with Crippen molar-refractivity contribution in [3.8, 4) is 0 Å². The van der Waals surface area contributed by atoms with E-state index in [2.05, 4.69) is 20.2 Å².